The summed E-state index contributed by atoms with van der Waals surface area (Å²) in [6.07, 6.45) is 0. The summed E-state index contributed by atoms with van der Waals surface area (Å²) in [5, 5.41) is 3.69. The predicted molar refractivity (Wildman–Crippen MR) is 64.8 cm³/mol. The summed E-state index contributed by atoms with van der Waals surface area (Å²) in [5.41, 5.74) is 1.51. The van der Waals surface area contributed by atoms with E-state index in [1.807, 2.05) is 19.1 Å². The maximum atomic E-state index is 12.1. The molecule has 16 heavy (non-hydrogen) atoms. The van der Waals surface area contributed by atoms with E-state index in [0.717, 1.165) is 5.56 Å². The first-order valence-corrected chi connectivity index (χ1v) is 5.33. The normalized spacial score (nSPS) is 10.9. The van der Waals surface area contributed by atoms with Crippen LogP contribution >= 0.6 is 11.6 Å². The van der Waals surface area contributed by atoms with Crippen molar-refractivity contribution in [2.24, 2.45) is 0 Å². The Labute approximate surface area is 97.9 Å². The molecule has 0 saturated heterocycles. The van der Waals surface area contributed by atoms with Crippen LogP contribution in [-0.4, -0.2) is 16.6 Å². The first-order chi connectivity index (χ1) is 7.65. The van der Waals surface area contributed by atoms with Gasteiger partial charge in [-0.25, -0.2) is 4.98 Å². The van der Waals surface area contributed by atoms with Crippen LogP contribution in [0, 0.1) is 6.92 Å². The van der Waals surface area contributed by atoms with E-state index in [0.29, 0.717) is 17.6 Å². The highest BCUT2D eigenvalue weighted by molar-refractivity contribution is 6.28. The highest BCUT2D eigenvalue weighted by Crippen LogP contribution is 2.14. The Balaban J connectivity index is 2.84. The van der Waals surface area contributed by atoms with Gasteiger partial charge >= 0.3 is 0 Å². The topological polar surface area (TPSA) is 46.9 Å². The number of nitrogens with one attached hydrogen (secondary N) is 1. The van der Waals surface area contributed by atoms with Gasteiger partial charge in [0.05, 0.1) is 17.6 Å². The number of halogens is 1. The zero-order chi connectivity index (χ0) is 11.7. The minimum absolute atomic E-state index is 0.118. The highest BCUT2D eigenvalue weighted by atomic mass is 35.5. The van der Waals surface area contributed by atoms with Gasteiger partial charge in [0.2, 0.25) is 5.28 Å². The third kappa shape index (κ3) is 1.70. The van der Waals surface area contributed by atoms with Crippen LogP contribution < -0.4 is 10.9 Å². The van der Waals surface area contributed by atoms with E-state index < -0.39 is 0 Å². The average Bonchev–Trinajstić information content (AvgIpc) is 2.26. The second-order valence-electron chi connectivity index (χ2n) is 3.60. The zero-order valence-electron chi connectivity index (χ0n) is 9.12. The van der Waals surface area contributed by atoms with Gasteiger partial charge in [-0.3, -0.25) is 9.36 Å². The fraction of sp³-hybridized carbons (Fsp3) is 0.273. The third-order valence-corrected chi connectivity index (χ3v) is 2.74. The van der Waals surface area contributed by atoms with Crippen LogP contribution in [0.15, 0.2) is 23.0 Å². The number of rotatable bonds is 2. The van der Waals surface area contributed by atoms with Crippen molar-refractivity contribution in [2.75, 3.05) is 7.05 Å². The first kappa shape index (κ1) is 11.1. The number of nitrogens with zero attached hydrogens (tertiary/aromatic N) is 2. The first-order valence-electron chi connectivity index (χ1n) is 4.95. The minimum atomic E-state index is -0.118. The van der Waals surface area contributed by atoms with Crippen molar-refractivity contribution >= 4 is 22.5 Å². The second kappa shape index (κ2) is 4.23. The van der Waals surface area contributed by atoms with E-state index in [4.69, 9.17) is 11.6 Å². The monoisotopic (exact) mass is 237 g/mol. The molecule has 1 N–H and O–H groups in total. The van der Waals surface area contributed by atoms with Gasteiger partial charge in [0.25, 0.3) is 5.56 Å². The molecule has 1 heterocycles. The summed E-state index contributed by atoms with van der Waals surface area (Å²) < 4.78 is 1.41. The van der Waals surface area contributed by atoms with Crippen molar-refractivity contribution < 1.29 is 0 Å². The summed E-state index contributed by atoms with van der Waals surface area (Å²) >= 11 is 5.97. The molecule has 84 valence electrons. The molecule has 2 rings (SSSR count). The Bertz CT molecular complexity index is 592. The lowest BCUT2D eigenvalue weighted by molar-refractivity contribution is 0.594. The number of aryl methyl sites for hydroxylation is 1. The van der Waals surface area contributed by atoms with E-state index >= 15 is 0 Å². The van der Waals surface area contributed by atoms with Crippen LogP contribution in [0.2, 0.25) is 5.28 Å². The molecule has 1 aromatic carbocycles. The Morgan fingerprint density at radius 3 is 2.94 bits per heavy atom. The molecular formula is C11H12ClN3O. The lowest BCUT2D eigenvalue weighted by Gasteiger charge is -2.09. The van der Waals surface area contributed by atoms with Crippen molar-refractivity contribution in [3.8, 4) is 0 Å². The summed E-state index contributed by atoms with van der Waals surface area (Å²) in [6.45, 7) is 2.27. The zero-order valence-corrected chi connectivity index (χ0v) is 9.88. The van der Waals surface area contributed by atoms with E-state index in [1.165, 1.54) is 4.57 Å². The third-order valence-electron chi connectivity index (χ3n) is 2.46. The van der Waals surface area contributed by atoms with E-state index in [1.54, 1.807) is 13.1 Å². The van der Waals surface area contributed by atoms with Gasteiger partial charge in [-0.1, -0.05) is 12.1 Å². The molecular weight excluding hydrogens is 226 g/mol. The lowest BCUT2D eigenvalue weighted by atomic mass is 10.1. The smallest absolute Gasteiger partial charge is 0.263 e. The molecule has 4 nitrogen and oxygen atoms in total. The van der Waals surface area contributed by atoms with Crippen LogP contribution in [0.4, 0.5) is 0 Å². The number of hydrogen-bond acceptors (Lipinski definition) is 3. The molecule has 0 aliphatic rings. The molecule has 0 radical (unpaired) electrons. The van der Waals surface area contributed by atoms with Gasteiger partial charge in [0, 0.05) is 0 Å². The summed E-state index contributed by atoms with van der Waals surface area (Å²) in [7, 11) is 1.75. The van der Waals surface area contributed by atoms with Gasteiger partial charge < -0.3 is 5.32 Å². The summed E-state index contributed by atoms with van der Waals surface area (Å²) in [4.78, 5) is 16.3. The van der Waals surface area contributed by atoms with Crippen molar-refractivity contribution in [1.82, 2.24) is 14.9 Å². The molecule has 0 unspecified atom stereocenters. The number of para-hydroxylation sites is 1. The predicted octanol–water partition coefficient (Wildman–Crippen LogP) is 1.54. The molecule has 0 fully saturated rings. The standard InChI is InChI=1S/C11H12ClN3O/c1-7-4-3-5-8-9(7)14-11(12)15(6-13-2)10(8)16/h3-5,13H,6H2,1-2H3. The van der Waals surface area contributed by atoms with Crippen LogP contribution in [0.3, 0.4) is 0 Å². The molecule has 2 aromatic rings. The van der Waals surface area contributed by atoms with Crippen molar-refractivity contribution in [3.63, 3.8) is 0 Å². The molecule has 1 aromatic heterocycles. The van der Waals surface area contributed by atoms with E-state index in [2.05, 4.69) is 10.3 Å². The van der Waals surface area contributed by atoms with Crippen LogP contribution in [0.25, 0.3) is 10.9 Å². The Hall–Kier alpha value is -1.39. The molecule has 0 saturated carbocycles. The quantitative estimate of drug-likeness (QED) is 0.806. The molecule has 5 heteroatoms. The molecule has 0 atom stereocenters. The number of aromatic nitrogens is 2. The Morgan fingerprint density at radius 2 is 2.25 bits per heavy atom. The number of fused-ring (bicyclic) bond motifs is 1. The maximum Gasteiger partial charge on any atom is 0.263 e. The molecule has 0 bridgehead atoms. The Kier molecular flexibility index (Phi) is 2.94. The molecule has 0 aliphatic carbocycles. The summed E-state index contributed by atoms with van der Waals surface area (Å²) in [6, 6.07) is 5.52. The Morgan fingerprint density at radius 1 is 1.50 bits per heavy atom. The minimum Gasteiger partial charge on any atom is -0.302 e. The van der Waals surface area contributed by atoms with Crippen molar-refractivity contribution in [1.29, 1.82) is 0 Å². The van der Waals surface area contributed by atoms with Gasteiger partial charge in [0.1, 0.15) is 0 Å². The SMILES string of the molecule is CNCn1c(Cl)nc2c(C)cccc2c1=O. The maximum absolute atomic E-state index is 12.1. The van der Waals surface area contributed by atoms with E-state index in [-0.39, 0.29) is 10.8 Å². The number of benzene rings is 1. The van der Waals surface area contributed by atoms with Crippen LogP contribution in [-0.2, 0) is 6.67 Å². The summed E-state index contributed by atoms with van der Waals surface area (Å²) in [5.74, 6) is 0. The molecule has 0 amide bonds. The second-order valence-corrected chi connectivity index (χ2v) is 3.93. The molecule has 0 aliphatic heterocycles. The number of hydrogen-bond donors (Lipinski definition) is 1. The average molecular weight is 238 g/mol. The largest absolute Gasteiger partial charge is 0.302 e. The van der Waals surface area contributed by atoms with Gasteiger partial charge in [0.15, 0.2) is 0 Å². The fourth-order valence-electron chi connectivity index (χ4n) is 1.66. The van der Waals surface area contributed by atoms with E-state index in [9.17, 15) is 4.79 Å². The molecule has 0 spiro atoms. The van der Waals surface area contributed by atoms with Crippen LogP contribution in [0.1, 0.15) is 5.56 Å². The van der Waals surface area contributed by atoms with Gasteiger partial charge in [-0.2, -0.15) is 0 Å². The lowest BCUT2D eigenvalue weighted by Crippen LogP contribution is -2.27. The van der Waals surface area contributed by atoms with Crippen molar-refractivity contribution in [3.05, 3.63) is 39.4 Å². The highest BCUT2D eigenvalue weighted by Gasteiger charge is 2.09. The van der Waals surface area contributed by atoms with Crippen LogP contribution in [0.5, 0.6) is 0 Å². The van der Waals surface area contributed by atoms with Gasteiger partial charge in [-0.15, -0.1) is 0 Å². The van der Waals surface area contributed by atoms with Crippen molar-refractivity contribution in [2.45, 2.75) is 13.6 Å². The van der Waals surface area contributed by atoms with Gasteiger partial charge in [-0.05, 0) is 37.2 Å². The fourth-order valence-corrected chi connectivity index (χ4v) is 1.88.